The summed E-state index contributed by atoms with van der Waals surface area (Å²) in [7, 11) is 0. The first kappa shape index (κ1) is 15.2. The van der Waals surface area contributed by atoms with E-state index in [-0.39, 0.29) is 5.41 Å². The Morgan fingerprint density at radius 1 is 1.55 bits per heavy atom. The number of hydrogen-bond donors (Lipinski definition) is 1. The summed E-state index contributed by atoms with van der Waals surface area (Å²) in [5.41, 5.74) is 0.771. The second-order valence-corrected chi connectivity index (χ2v) is 6.10. The molecule has 0 amide bonds. The van der Waals surface area contributed by atoms with Gasteiger partial charge in [-0.25, -0.2) is 0 Å². The Morgan fingerprint density at radius 2 is 2.35 bits per heavy atom. The van der Waals surface area contributed by atoms with Gasteiger partial charge in [-0.2, -0.15) is 5.10 Å². The molecule has 2 heterocycles. The van der Waals surface area contributed by atoms with E-state index in [9.17, 15) is 4.79 Å². The third kappa shape index (κ3) is 3.11. The van der Waals surface area contributed by atoms with Crippen LogP contribution in [-0.4, -0.2) is 28.7 Å². The molecule has 2 rings (SSSR count). The molecule has 1 fully saturated rings. The van der Waals surface area contributed by atoms with Crippen LogP contribution in [0.2, 0.25) is 0 Å². The summed E-state index contributed by atoms with van der Waals surface area (Å²) in [5.74, 6) is 0.360. The van der Waals surface area contributed by atoms with E-state index in [1.807, 2.05) is 16.9 Å². The van der Waals surface area contributed by atoms with Crippen molar-refractivity contribution >= 4 is 5.78 Å². The molecule has 112 valence electrons. The van der Waals surface area contributed by atoms with Gasteiger partial charge in [-0.15, -0.1) is 0 Å². The Morgan fingerprint density at radius 3 is 2.95 bits per heavy atom. The van der Waals surface area contributed by atoms with Crippen LogP contribution in [0.5, 0.6) is 0 Å². The lowest BCUT2D eigenvalue weighted by Crippen LogP contribution is -2.34. The summed E-state index contributed by atoms with van der Waals surface area (Å²) < 4.78 is 1.97. The predicted octanol–water partition coefficient (Wildman–Crippen LogP) is 2.75. The van der Waals surface area contributed by atoms with Crippen LogP contribution in [-0.2, 0) is 11.2 Å². The van der Waals surface area contributed by atoms with Gasteiger partial charge >= 0.3 is 0 Å². The fourth-order valence-corrected chi connectivity index (χ4v) is 3.07. The monoisotopic (exact) mass is 277 g/mol. The van der Waals surface area contributed by atoms with Gasteiger partial charge in [0.15, 0.2) is 0 Å². The third-order valence-electron chi connectivity index (χ3n) is 4.61. The van der Waals surface area contributed by atoms with Crippen molar-refractivity contribution in [3.63, 3.8) is 0 Å². The van der Waals surface area contributed by atoms with E-state index in [0.717, 1.165) is 44.5 Å². The normalized spacial score (nSPS) is 23.9. The minimum absolute atomic E-state index is 0.144. The highest BCUT2D eigenvalue weighted by atomic mass is 16.1. The highest BCUT2D eigenvalue weighted by molar-refractivity contribution is 5.87. The quantitative estimate of drug-likeness (QED) is 0.833. The lowest BCUT2D eigenvalue weighted by Gasteiger charge is -2.25. The first-order valence-electron chi connectivity index (χ1n) is 7.89. The van der Waals surface area contributed by atoms with E-state index in [1.54, 1.807) is 0 Å². The Hall–Kier alpha value is -1.16. The summed E-state index contributed by atoms with van der Waals surface area (Å²) in [4.78, 5) is 12.7. The first-order chi connectivity index (χ1) is 9.61. The first-order valence-corrected chi connectivity index (χ1v) is 7.89. The molecule has 1 aromatic rings. The molecule has 1 N–H and O–H groups in total. The maximum Gasteiger partial charge on any atom is 0.146 e. The lowest BCUT2D eigenvalue weighted by molar-refractivity contribution is -0.127. The van der Waals surface area contributed by atoms with Gasteiger partial charge in [0, 0.05) is 24.2 Å². The average molecular weight is 277 g/mol. The smallest absolute Gasteiger partial charge is 0.146 e. The largest absolute Gasteiger partial charge is 0.316 e. The topological polar surface area (TPSA) is 46.9 Å². The number of ketones is 1. The molecule has 0 saturated carbocycles. The van der Waals surface area contributed by atoms with Gasteiger partial charge in [0.2, 0.25) is 0 Å². The van der Waals surface area contributed by atoms with Crippen LogP contribution in [0, 0.1) is 5.41 Å². The Labute approximate surface area is 121 Å². The highest BCUT2D eigenvalue weighted by Crippen LogP contribution is 2.33. The molecule has 0 spiro atoms. The highest BCUT2D eigenvalue weighted by Gasteiger charge is 2.39. The van der Waals surface area contributed by atoms with Crippen molar-refractivity contribution in [2.75, 3.05) is 13.1 Å². The Balaban J connectivity index is 2.04. The van der Waals surface area contributed by atoms with Crippen LogP contribution in [0.4, 0.5) is 0 Å². The molecule has 1 aliphatic heterocycles. The molecule has 0 radical (unpaired) electrons. The van der Waals surface area contributed by atoms with Crippen molar-refractivity contribution < 1.29 is 4.79 Å². The van der Waals surface area contributed by atoms with Gasteiger partial charge in [-0.1, -0.05) is 20.3 Å². The molecule has 20 heavy (non-hydrogen) atoms. The molecule has 1 saturated heterocycles. The molecule has 1 aromatic heterocycles. The van der Waals surface area contributed by atoms with Crippen molar-refractivity contribution in [3.05, 3.63) is 18.0 Å². The third-order valence-corrected chi connectivity index (χ3v) is 4.61. The summed E-state index contributed by atoms with van der Waals surface area (Å²) >= 11 is 0. The number of Topliss-reactive ketones (excluding diaryl/α,β-unsaturated/α-hetero) is 1. The summed E-state index contributed by atoms with van der Waals surface area (Å²) in [6, 6.07) is 2.39. The van der Waals surface area contributed by atoms with E-state index < -0.39 is 0 Å². The molecule has 2 unspecified atom stereocenters. The van der Waals surface area contributed by atoms with Crippen LogP contribution in [0.3, 0.4) is 0 Å². The zero-order chi connectivity index (χ0) is 14.6. The molecule has 0 bridgehead atoms. The second-order valence-electron chi connectivity index (χ2n) is 6.10. The van der Waals surface area contributed by atoms with Crippen molar-refractivity contribution in [1.82, 2.24) is 15.1 Å². The summed E-state index contributed by atoms with van der Waals surface area (Å²) in [6.45, 7) is 8.26. The van der Waals surface area contributed by atoms with Gasteiger partial charge in [-0.3, -0.25) is 9.48 Å². The van der Waals surface area contributed by atoms with E-state index in [4.69, 9.17) is 0 Å². The van der Waals surface area contributed by atoms with Gasteiger partial charge < -0.3 is 5.32 Å². The standard InChI is InChI=1S/C16H27N3O/c1-4-7-16(8-9-17-12-16)15(20)11-14-6-10-19(18-14)13(3)5-2/h6,10,13,17H,4-5,7-9,11-12H2,1-3H3. The number of rotatable bonds is 7. The molecule has 1 aliphatic rings. The van der Waals surface area contributed by atoms with Crippen LogP contribution in [0.1, 0.15) is 58.2 Å². The van der Waals surface area contributed by atoms with Gasteiger partial charge in [0.1, 0.15) is 5.78 Å². The molecular formula is C16H27N3O. The fraction of sp³-hybridized carbons (Fsp3) is 0.750. The Kier molecular flexibility index (Phi) is 4.97. The van der Waals surface area contributed by atoms with E-state index in [1.165, 1.54) is 0 Å². The number of carbonyl (C=O) groups excluding carboxylic acids is 1. The van der Waals surface area contributed by atoms with Crippen molar-refractivity contribution in [2.24, 2.45) is 5.41 Å². The van der Waals surface area contributed by atoms with E-state index >= 15 is 0 Å². The second kappa shape index (κ2) is 6.53. The zero-order valence-electron chi connectivity index (χ0n) is 13.0. The van der Waals surface area contributed by atoms with Crippen molar-refractivity contribution in [2.45, 2.75) is 58.9 Å². The average Bonchev–Trinajstić information content (AvgIpc) is 3.08. The number of hydrogen-bond acceptors (Lipinski definition) is 3. The minimum Gasteiger partial charge on any atom is -0.316 e. The SMILES string of the molecule is CCCC1(C(=O)Cc2ccn(C(C)CC)n2)CCNC1. The van der Waals surface area contributed by atoms with E-state index in [0.29, 0.717) is 18.2 Å². The number of nitrogens with one attached hydrogen (secondary N) is 1. The van der Waals surface area contributed by atoms with Crippen molar-refractivity contribution in [3.8, 4) is 0 Å². The molecule has 4 nitrogen and oxygen atoms in total. The van der Waals surface area contributed by atoms with Gasteiger partial charge in [-0.05, 0) is 38.8 Å². The predicted molar refractivity (Wildman–Crippen MR) is 80.8 cm³/mol. The maximum absolute atomic E-state index is 12.7. The number of nitrogens with zero attached hydrogens (tertiary/aromatic N) is 2. The van der Waals surface area contributed by atoms with Crippen LogP contribution in [0.15, 0.2) is 12.3 Å². The minimum atomic E-state index is -0.144. The lowest BCUT2D eigenvalue weighted by atomic mass is 9.77. The van der Waals surface area contributed by atoms with Crippen LogP contribution >= 0.6 is 0 Å². The van der Waals surface area contributed by atoms with E-state index in [2.05, 4.69) is 31.2 Å². The van der Waals surface area contributed by atoms with Gasteiger partial charge in [0.05, 0.1) is 12.1 Å². The number of aromatic nitrogens is 2. The van der Waals surface area contributed by atoms with Crippen LogP contribution < -0.4 is 5.32 Å². The Bertz CT molecular complexity index is 446. The summed E-state index contributed by atoms with van der Waals surface area (Å²) in [5, 5.41) is 7.91. The molecule has 4 heteroatoms. The molecule has 0 aromatic carbocycles. The van der Waals surface area contributed by atoms with Crippen LogP contribution in [0.25, 0.3) is 0 Å². The van der Waals surface area contributed by atoms with Gasteiger partial charge in [0.25, 0.3) is 0 Å². The molecule has 0 aliphatic carbocycles. The van der Waals surface area contributed by atoms with Crippen molar-refractivity contribution in [1.29, 1.82) is 0 Å². The molecular weight excluding hydrogens is 250 g/mol. The zero-order valence-corrected chi connectivity index (χ0v) is 13.0. The molecule has 2 atom stereocenters. The fourth-order valence-electron chi connectivity index (χ4n) is 3.07. The number of carbonyl (C=O) groups is 1. The maximum atomic E-state index is 12.7. The summed E-state index contributed by atoms with van der Waals surface area (Å²) in [6.07, 6.45) is 6.56.